The number of benzene rings is 2. The van der Waals surface area contributed by atoms with Crippen LogP contribution in [-0.4, -0.2) is 29.1 Å². The van der Waals surface area contributed by atoms with E-state index in [2.05, 4.69) is 17.2 Å². The smallest absolute Gasteiger partial charge is 0.267 e. The molecule has 2 atom stereocenters. The number of carbonyl (C=O) groups is 2. The number of carbonyl (C=O) groups excluding carboxylic acids is 2. The Morgan fingerprint density at radius 1 is 1.18 bits per heavy atom. The van der Waals surface area contributed by atoms with E-state index in [4.69, 9.17) is 22.5 Å². The molecule has 0 radical (unpaired) electrons. The van der Waals surface area contributed by atoms with Crippen LogP contribution in [0.1, 0.15) is 28.4 Å². The van der Waals surface area contributed by atoms with Crippen LogP contribution < -0.4 is 16.5 Å². The number of nitrogens with one attached hydrogen (secondary N) is 2. The molecule has 2 amide bonds. The molecule has 2 aromatic carbocycles. The summed E-state index contributed by atoms with van der Waals surface area (Å²) in [7, 11) is 0. The van der Waals surface area contributed by atoms with Crippen molar-refractivity contribution in [3.8, 4) is 11.8 Å². The minimum atomic E-state index is -1.04. The summed E-state index contributed by atoms with van der Waals surface area (Å²) in [6, 6.07) is 12.3. The van der Waals surface area contributed by atoms with Crippen LogP contribution in [0.5, 0.6) is 0 Å². The molecule has 0 aliphatic carbocycles. The van der Waals surface area contributed by atoms with Crippen LogP contribution in [-0.2, 0) is 4.79 Å². The summed E-state index contributed by atoms with van der Waals surface area (Å²) in [5.41, 5.74) is 9.11. The molecule has 0 saturated carbocycles. The summed E-state index contributed by atoms with van der Waals surface area (Å²) in [5.74, 6) is 4.62. The minimum Gasteiger partial charge on any atom is -0.339 e. The molecule has 6 nitrogen and oxygen atoms in total. The third-order valence-electron chi connectivity index (χ3n) is 3.82. The average Bonchev–Trinajstić information content (AvgIpc) is 2.70. The predicted molar refractivity (Wildman–Crippen MR) is 109 cm³/mol. The number of allylic oxidation sites excluding steroid dienone is 1. The van der Waals surface area contributed by atoms with Crippen molar-refractivity contribution in [2.24, 2.45) is 5.73 Å². The van der Waals surface area contributed by atoms with Gasteiger partial charge in [-0.3, -0.25) is 14.8 Å². The second-order valence-electron chi connectivity index (χ2n) is 5.99. The highest BCUT2D eigenvalue weighted by Crippen LogP contribution is 2.13. The fraction of sp³-hybridized carbons (Fsp3) is 0.143. The van der Waals surface area contributed by atoms with Crippen LogP contribution in [0.3, 0.4) is 0 Å². The maximum atomic E-state index is 12.3. The number of amides is 2. The van der Waals surface area contributed by atoms with Crippen LogP contribution >= 0.6 is 11.6 Å². The number of halogens is 1. The van der Waals surface area contributed by atoms with Gasteiger partial charge < -0.3 is 11.1 Å². The summed E-state index contributed by atoms with van der Waals surface area (Å²) in [5, 5.41) is 11.8. The molecule has 28 heavy (non-hydrogen) atoms. The predicted octanol–water partition coefficient (Wildman–Crippen LogP) is 2.36. The third-order valence-corrected chi connectivity index (χ3v) is 4.15. The Morgan fingerprint density at radius 3 is 2.46 bits per heavy atom. The van der Waals surface area contributed by atoms with Crippen LogP contribution in [0.2, 0.25) is 5.02 Å². The highest BCUT2D eigenvalue weighted by Gasteiger charge is 2.24. The van der Waals surface area contributed by atoms with E-state index in [1.54, 1.807) is 49.4 Å². The van der Waals surface area contributed by atoms with Crippen molar-refractivity contribution in [1.29, 1.82) is 0 Å². The Bertz CT molecular complexity index is 928. The van der Waals surface area contributed by atoms with Gasteiger partial charge in [0.25, 0.3) is 11.8 Å². The lowest BCUT2D eigenvalue weighted by molar-refractivity contribution is -0.131. The molecule has 0 unspecified atom stereocenters. The Labute approximate surface area is 168 Å². The molecule has 0 spiro atoms. The largest absolute Gasteiger partial charge is 0.339 e. The molecule has 2 rings (SSSR count). The normalized spacial score (nSPS) is 12.6. The molecule has 0 aliphatic heterocycles. The van der Waals surface area contributed by atoms with Gasteiger partial charge >= 0.3 is 0 Å². The Hall–Kier alpha value is -3.11. The van der Waals surface area contributed by atoms with E-state index in [9.17, 15) is 9.59 Å². The summed E-state index contributed by atoms with van der Waals surface area (Å²) in [6.07, 6.45) is 3.49. The Kier molecular flexibility index (Phi) is 7.78. The van der Waals surface area contributed by atoms with Gasteiger partial charge in [-0.1, -0.05) is 47.7 Å². The molecule has 144 valence electrons. The van der Waals surface area contributed by atoms with Crippen molar-refractivity contribution in [2.45, 2.75) is 19.0 Å². The quantitative estimate of drug-likeness (QED) is 0.353. The highest BCUT2D eigenvalue weighted by atomic mass is 35.5. The fourth-order valence-corrected chi connectivity index (χ4v) is 2.48. The van der Waals surface area contributed by atoms with Gasteiger partial charge in [-0.2, -0.15) is 0 Å². The molecule has 0 aliphatic rings. The maximum Gasteiger partial charge on any atom is 0.267 e. The van der Waals surface area contributed by atoms with Gasteiger partial charge in [0.15, 0.2) is 0 Å². The van der Waals surface area contributed by atoms with E-state index < -0.39 is 23.9 Å². The standard InChI is InChI=1S/C21H20ClN3O3/c1-14(23)19(21(27)25-28)24-20(26)17-12-10-15(11-13-17)6-2-3-7-16-8-4-5-9-18(16)22/h2,4-6,8-14,19,28H,23H2,1H3,(H,24,26)(H,25,27)/t14-,19+/m1/s1. The zero-order valence-corrected chi connectivity index (χ0v) is 15.9. The van der Waals surface area contributed by atoms with Gasteiger partial charge in [0.2, 0.25) is 0 Å². The van der Waals surface area contributed by atoms with E-state index in [-0.39, 0.29) is 0 Å². The lowest BCUT2D eigenvalue weighted by Crippen LogP contribution is -2.54. The first-order chi connectivity index (χ1) is 13.4. The lowest BCUT2D eigenvalue weighted by atomic mass is 10.1. The van der Waals surface area contributed by atoms with E-state index in [0.29, 0.717) is 10.6 Å². The second kappa shape index (κ2) is 10.3. The SMILES string of the molecule is C[C@@H](N)[C@H](NC(=O)c1ccc(C=CC#Cc2ccccc2Cl)cc1)C(=O)NO. The monoisotopic (exact) mass is 397 g/mol. The van der Waals surface area contributed by atoms with Crippen molar-refractivity contribution < 1.29 is 14.8 Å². The van der Waals surface area contributed by atoms with Crippen molar-refractivity contribution >= 4 is 29.5 Å². The van der Waals surface area contributed by atoms with Gasteiger partial charge in [0.1, 0.15) is 6.04 Å². The van der Waals surface area contributed by atoms with Gasteiger partial charge in [-0.25, -0.2) is 5.48 Å². The second-order valence-corrected chi connectivity index (χ2v) is 6.40. The summed E-state index contributed by atoms with van der Waals surface area (Å²) in [6.45, 7) is 1.55. The zero-order chi connectivity index (χ0) is 20.5. The average molecular weight is 398 g/mol. The molecular formula is C21H20ClN3O3. The van der Waals surface area contributed by atoms with Gasteiger partial charge in [0, 0.05) is 17.2 Å². The molecular weight excluding hydrogens is 378 g/mol. The lowest BCUT2D eigenvalue weighted by Gasteiger charge is -2.20. The molecule has 2 aromatic rings. The molecule has 0 fully saturated rings. The van der Waals surface area contributed by atoms with E-state index >= 15 is 0 Å². The molecule has 5 N–H and O–H groups in total. The number of nitrogens with two attached hydrogens (primary N) is 1. The van der Waals surface area contributed by atoms with E-state index in [0.717, 1.165) is 11.1 Å². The Morgan fingerprint density at radius 2 is 1.86 bits per heavy atom. The Balaban J connectivity index is 2.02. The van der Waals surface area contributed by atoms with Gasteiger partial charge in [-0.05, 0) is 48.9 Å². The zero-order valence-electron chi connectivity index (χ0n) is 15.1. The first-order valence-electron chi connectivity index (χ1n) is 8.45. The van der Waals surface area contributed by atoms with Crippen molar-refractivity contribution in [3.05, 3.63) is 76.3 Å². The van der Waals surface area contributed by atoms with Crippen molar-refractivity contribution in [2.75, 3.05) is 0 Å². The molecule has 0 bridgehead atoms. The maximum absolute atomic E-state index is 12.3. The number of hydrogen-bond donors (Lipinski definition) is 4. The van der Waals surface area contributed by atoms with Crippen LogP contribution in [0.25, 0.3) is 6.08 Å². The summed E-state index contributed by atoms with van der Waals surface area (Å²) in [4.78, 5) is 23.8. The van der Waals surface area contributed by atoms with Gasteiger partial charge in [-0.15, -0.1) is 0 Å². The summed E-state index contributed by atoms with van der Waals surface area (Å²) < 4.78 is 0. The third kappa shape index (κ3) is 5.96. The van der Waals surface area contributed by atoms with Crippen LogP contribution in [0, 0.1) is 11.8 Å². The molecule has 0 heterocycles. The fourth-order valence-electron chi connectivity index (χ4n) is 2.30. The van der Waals surface area contributed by atoms with Crippen LogP contribution in [0.15, 0.2) is 54.6 Å². The number of rotatable bonds is 5. The van der Waals surface area contributed by atoms with Crippen molar-refractivity contribution in [3.63, 3.8) is 0 Å². The number of hydrogen-bond acceptors (Lipinski definition) is 4. The van der Waals surface area contributed by atoms with E-state index in [1.807, 2.05) is 18.2 Å². The van der Waals surface area contributed by atoms with Crippen molar-refractivity contribution in [1.82, 2.24) is 10.8 Å². The topological polar surface area (TPSA) is 104 Å². The first kappa shape index (κ1) is 21.2. The first-order valence-corrected chi connectivity index (χ1v) is 8.83. The van der Waals surface area contributed by atoms with Crippen LogP contribution in [0.4, 0.5) is 0 Å². The van der Waals surface area contributed by atoms with E-state index in [1.165, 1.54) is 5.48 Å². The number of hydroxylamine groups is 1. The molecule has 0 saturated heterocycles. The highest BCUT2D eigenvalue weighted by molar-refractivity contribution is 6.31. The summed E-state index contributed by atoms with van der Waals surface area (Å²) >= 11 is 6.04. The van der Waals surface area contributed by atoms with Gasteiger partial charge in [0.05, 0.1) is 5.02 Å². The molecule has 7 heteroatoms. The minimum absolute atomic E-state index is 0.357. The molecule has 0 aromatic heterocycles.